The summed E-state index contributed by atoms with van der Waals surface area (Å²) in [6.07, 6.45) is 13.0. The van der Waals surface area contributed by atoms with Gasteiger partial charge in [-0.1, -0.05) is 18.6 Å². The molecule has 7 rings (SSSR count). The van der Waals surface area contributed by atoms with Gasteiger partial charge in [-0.15, -0.1) is 6.42 Å². The zero-order valence-electron chi connectivity index (χ0n) is 30.5. The Kier molecular flexibility index (Phi) is 9.12. The Morgan fingerprint density at radius 2 is 1.94 bits per heavy atom. The highest BCUT2D eigenvalue weighted by Gasteiger charge is 2.46. The summed E-state index contributed by atoms with van der Waals surface area (Å²) < 4.78 is 38.9. The second kappa shape index (κ2) is 13.4. The van der Waals surface area contributed by atoms with Crippen LogP contribution in [0.25, 0.3) is 32.9 Å². The molecule has 3 fully saturated rings. The van der Waals surface area contributed by atoms with Gasteiger partial charge >= 0.3 is 6.01 Å². The molecule has 1 N–H and O–H groups in total. The van der Waals surface area contributed by atoms with E-state index in [0.29, 0.717) is 36.3 Å². The molecule has 2 aromatic carbocycles. The number of fused-ring (bicyclic) bond motifs is 3. The van der Waals surface area contributed by atoms with Gasteiger partial charge in [0.15, 0.2) is 5.82 Å². The molecule has 3 aliphatic heterocycles. The van der Waals surface area contributed by atoms with E-state index in [-0.39, 0.29) is 57.1 Å². The number of terminal acetylenes is 1. The number of halogens is 2. The van der Waals surface area contributed by atoms with Crippen LogP contribution < -0.4 is 9.64 Å². The molecule has 3 aliphatic rings. The molecule has 3 saturated heterocycles. The fourth-order valence-electron chi connectivity index (χ4n) is 8.45. The van der Waals surface area contributed by atoms with Gasteiger partial charge in [-0.05, 0) is 101 Å². The number of rotatable bonds is 9. The van der Waals surface area contributed by atoms with Gasteiger partial charge in [-0.25, -0.2) is 8.78 Å². The number of aliphatic hydroxyl groups is 1. The summed E-state index contributed by atoms with van der Waals surface area (Å²) in [6, 6.07) is 7.85. The summed E-state index contributed by atoms with van der Waals surface area (Å²) in [5, 5.41) is 22.4. The van der Waals surface area contributed by atoms with Gasteiger partial charge in [0, 0.05) is 37.3 Å². The van der Waals surface area contributed by atoms with E-state index in [1.54, 1.807) is 55.8 Å². The predicted molar refractivity (Wildman–Crippen MR) is 199 cm³/mol. The van der Waals surface area contributed by atoms with E-state index in [2.05, 4.69) is 33.4 Å². The first-order valence-electron chi connectivity index (χ1n) is 18.0. The number of nitrogens with zero attached hydrogens (tertiary/aromatic N) is 7. The maximum Gasteiger partial charge on any atom is 0.319 e. The predicted octanol–water partition coefficient (Wildman–Crippen LogP) is 5.89. The Bertz CT molecular complexity index is 2230. The van der Waals surface area contributed by atoms with Crippen molar-refractivity contribution in [2.75, 3.05) is 44.7 Å². The van der Waals surface area contributed by atoms with Gasteiger partial charge < -0.3 is 19.6 Å². The molecule has 0 saturated carbocycles. The van der Waals surface area contributed by atoms with Crippen molar-refractivity contribution in [3.8, 4) is 35.7 Å². The number of ether oxygens (including phenoxy) is 1. The number of hydrogen-bond acceptors (Lipinski definition) is 9. The van der Waals surface area contributed by atoms with Crippen molar-refractivity contribution in [3.05, 3.63) is 65.9 Å². The summed E-state index contributed by atoms with van der Waals surface area (Å²) in [4.78, 5) is 32.6. The maximum atomic E-state index is 17.3. The Balaban J connectivity index is 1.40. The van der Waals surface area contributed by atoms with Crippen molar-refractivity contribution in [2.24, 2.45) is 0 Å². The summed E-state index contributed by atoms with van der Waals surface area (Å²) in [7, 11) is 1.75. The number of amides is 1. The van der Waals surface area contributed by atoms with E-state index < -0.39 is 28.7 Å². The van der Waals surface area contributed by atoms with Crippen LogP contribution in [0.5, 0.6) is 6.01 Å². The Morgan fingerprint density at radius 3 is 2.62 bits per heavy atom. The molecule has 2 aromatic heterocycles. The Hall–Kier alpha value is -5.17. The van der Waals surface area contributed by atoms with E-state index in [9.17, 15) is 15.2 Å². The SMILES string of the molecule is C#Cc1c(F)ccc2cc(C(C)(C)C#N)cc(-c3ncc4c(N(C)C[C@H]5N(C(=O)C=C)CCC5(C)O)nc(OCC56CCCN5CCC6)nc4c3F)c12. The number of aromatic nitrogens is 3. The first kappa shape index (κ1) is 36.2. The number of hydrogen-bond donors (Lipinski definition) is 1. The monoisotopic (exact) mass is 719 g/mol. The highest BCUT2D eigenvalue weighted by molar-refractivity contribution is 6.02. The first-order valence-corrected chi connectivity index (χ1v) is 18.0. The maximum absolute atomic E-state index is 17.3. The molecule has 0 aliphatic carbocycles. The number of carbonyl (C=O) groups is 1. The van der Waals surface area contributed by atoms with Crippen LogP contribution in [0.4, 0.5) is 14.6 Å². The largest absolute Gasteiger partial charge is 0.461 e. The van der Waals surface area contributed by atoms with E-state index in [0.717, 1.165) is 38.8 Å². The molecule has 5 heterocycles. The zero-order valence-corrected chi connectivity index (χ0v) is 30.5. The number of anilines is 1. The van der Waals surface area contributed by atoms with Crippen molar-refractivity contribution in [1.82, 2.24) is 24.8 Å². The molecule has 1 unspecified atom stereocenters. The lowest BCUT2D eigenvalue weighted by Crippen LogP contribution is -2.51. The van der Waals surface area contributed by atoms with Crippen LogP contribution in [-0.4, -0.2) is 92.8 Å². The molecule has 0 bridgehead atoms. The molecule has 274 valence electrons. The Labute approximate surface area is 308 Å². The van der Waals surface area contributed by atoms with Crippen molar-refractivity contribution in [3.63, 3.8) is 0 Å². The topological polar surface area (TPSA) is 119 Å². The lowest BCUT2D eigenvalue weighted by Gasteiger charge is -2.35. The van der Waals surface area contributed by atoms with Crippen molar-refractivity contribution < 1.29 is 23.4 Å². The second-order valence-corrected chi connectivity index (χ2v) is 15.4. The number of likely N-dealkylation sites (tertiary alicyclic amines) is 1. The van der Waals surface area contributed by atoms with Crippen LogP contribution in [0, 0.1) is 35.3 Å². The number of benzene rings is 2. The van der Waals surface area contributed by atoms with Gasteiger partial charge in [0.05, 0.1) is 39.6 Å². The molecule has 10 nitrogen and oxygen atoms in total. The van der Waals surface area contributed by atoms with Crippen LogP contribution in [0.2, 0.25) is 0 Å². The molecule has 53 heavy (non-hydrogen) atoms. The van der Waals surface area contributed by atoms with Gasteiger partial charge in [0.1, 0.15) is 29.5 Å². The van der Waals surface area contributed by atoms with E-state index in [4.69, 9.17) is 16.1 Å². The Morgan fingerprint density at radius 1 is 1.21 bits per heavy atom. The summed E-state index contributed by atoms with van der Waals surface area (Å²) >= 11 is 0. The average molecular weight is 720 g/mol. The molecular formula is C41H43F2N7O3. The van der Waals surface area contributed by atoms with Gasteiger partial charge in [0.2, 0.25) is 5.91 Å². The van der Waals surface area contributed by atoms with Crippen LogP contribution in [0.3, 0.4) is 0 Å². The molecule has 0 spiro atoms. The highest BCUT2D eigenvalue weighted by Crippen LogP contribution is 2.42. The van der Waals surface area contributed by atoms with Crippen LogP contribution >= 0.6 is 0 Å². The fourth-order valence-corrected chi connectivity index (χ4v) is 8.45. The van der Waals surface area contributed by atoms with Crippen molar-refractivity contribution in [2.45, 2.75) is 75.5 Å². The minimum absolute atomic E-state index is 0.0275. The lowest BCUT2D eigenvalue weighted by molar-refractivity contribution is -0.128. The van der Waals surface area contributed by atoms with Crippen LogP contribution in [0.1, 0.15) is 64.0 Å². The average Bonchev–Trinajstić information content (AvgIpc) is 3.82. The smallest absolute Gasteiger partial charge is 0.319 e. The molecular weight excluding hydrogens is 676 g/mol. The number of nitriles is 1. The highest BCUT2D eigenvalue weighted by atomic mass is 19.1. The first-order chi connectivity index (χ1) is 25.2. The van der Waals surface area contributed by atoms with Crippen molar-refractivity contribution in [1.29, 1.82) is 5.26 Å². The summed E-state index contributed by atoms with van der Waals surface area (Å²) in [5.41, 5.74) is -1.78. The van der Waals surface area contributed by atoms with Gasteiger partial charge in [-0.3, -0.25) is 14.7 Å². The van der Waals surface area contributed by atoms with Crippen LogP contribution in [-0.2, 0) is 10.2 Å². The lowest BCUT2D eigenvalue weighted by atomic mass is 9.82. The van der Waals surface area contributed by atoms with Gasteiger partial charge in [0.25, 0.3) is 0 Å². The van der Waals surface area contributed by atoms with E-state index in [1.165, 1.54) is 18.3 Å². The summed E-state index contributed by atoms with van der Waals surface area (Å²) in [5.74, 6) is 0.974. The number of carbonyl (C=O) groups excluding carboxylic acids is 1. The third-order valence-electron chi connectivity index (χ3n) is 11.6. The standard InChI is InChI=1S/C41H43F2N7O3/c1-7-27-30(42)12-11-25-19-26(39(3,4)23-44)20-28(33(25)27)35-34(43)36-29(21-45-35)37(48(6)22-31-40(5,52)15-18-50(31)32(51)8-2)47-38(46-36)53-24-41-13-9-16-49(41)17-10-14-41/h1,8,11-12,19-21,31,52H,2,9-10,13-18,22,24H2,3-6H3/t31-,40?/m1/s1. The van der Waals surface area contributed by atoms with Crippen molar-refractivity contribution >= 4 is 33.4 Å². The molecule has 2 atom stereocenters. The van der Waals surface area contributed by atoms with Gasteiger partial charge in [-0.2, -0.15) is 15.2 Å². The summed E-state index contributed by atoms with van der Waals surface area (Å²) in [6.45, 7) is 11.6. The van der Waals surface area contributed by atoms with Crippen LogP contribution in [0.15, 0.2) is 43.1 Å². The van der Waals surface area contributed by atoms with E-state index >= 15 is 8.78 Å². The molecule has 0 radical (unpaired) electrons. The molecule has 1 amide bonds. The minimum Gasteiger partial charge on any atom is -0.461 e. The second-order valence-electron chi connectivity index (χ2n) is 15.4. The normalized spacial score (nSPS) is 21.1. The quantitative estimate of drug-likeness (QED) is 0.167. The third-order valence-corrected chi connectivity index (χ3v) is 11.6. The minimum atomic E-state index is -1.20. The zero-order chi connectivity index (χ0) is 37.9. The van der Waals surface area contributed by atoms with E-state index in [1.807, 2.05) is 0 Å². The number of likely N-dealkylation sites (N-methyl/N-ethyl adjacent to an activating group) is 1. The third kappa shape index (κ3) is 6.14. The molecule has 12 heteroatoms. The number of pyridine rings is 1. The fraction of sp³-hybridized carbons (Fsp3) is 0.439. The molecule has 4 aromatic rings.